The Kier molecular flexibility index (Phi) is 6.45. The molecule has 0 bridgehead atoms. The number of allylic oxidation sites excluding steroid dienone is 2. The van der Waals surface area contributed by atoms with E-state index in [0.717, 1.165) is 67.2 Å². The Morgan fingerprint density at radius 3 is 2.61 bits per heavy atom. The Bertz CT molecular complexity index is 1390. The Hall–Kier alpha value is -3.63. The van der Waals surface area contributed by atoms with Gasteiger partial charge >= 0.3 is 6.18 Å². The number of nitrogens with zero attached hydrogens (tertiary/aromatic N) is 6. The van der Waals surface area contributed by atoms with Crippen molar-refractivity contribution >= 4 is 11.5 Å². The Morgan fingerprint density at radius 1 is 1.03 bits per heavy atom. The van der Waals surface area contributed by atoms with Crippen molar-refractivity contribution in [2.24, 2.45) is 11.8 Å². The summed E-state index contributed by atoms with van der Waals surface area (Å²) in [5.41, 5.74) is 6.12. The average Bonchev–Trinajstić information content (AvgIpc) is 3.84. The molecule has 3 heterocycles. The summed E-state index contributed by atoms with van der Waals surface area (Å²) in [6.45, 7) is 0.449. The smallest absolute Gasteiger partial charge is 0.345 e. The van der Waals surface area contributed by atoms with Crippen LogP contribution >= 0.6 is 0 Å². The van der Waals surface area contributed by atoms with Gasteiger partial charge in [0, 0.05) is 24.7 Å². The summed E-state index contributed by atoms with van der Waals surface area (Å²) in [6.07, 6.45) is 6.90. The van der Waals surface area contributed by atoms with Crippen LogP contribution in [0.15, 0.2) is 36.2 Å². The molecule has 3 aromatic heterocycles. The molecule has 0 atom stereocenters. The number of carbonyl (C=O) groups excluding carboxylic acids is 1. The number of fused-ring (bicyclic) bond motifs is 1. The van der Waals surface area contributed by atoms with E-state index in [0.29, 0.717) is 6.54 Å². The van der Waals surface area contributed by atoms with E-state index in [-0.39, 0.29) is 17.9 Å². The number of hydrogen-bond acceptors (Lipinski definition) is 6. The number of aromatic nitrogens is 6. The quantitative estimate of drug-likeness (QED) is 0.391. The maximum Gasteiger partial charge on any atom is 0.416 e. The zero-order valence-corrected chi connectivity index (χ0v) is 20.8. The summed E-state index contributed by atoms with van der Waals surface area (Å²) in [6, 6.07) is 4.06. The topological polar surface area (TPSA) is 98.5 Å². The van der Waals surface area contributed by atoms with Gasteiger partial charge < -0.3 is 5.32 Å². The highest BCUT2D eigenvalue weighted by atomic mass is 19.4. The Morgan fingerprint density at radius 2 is 1.84 bits per heavy atom. The summed E-state index contributed by atoms with van der Waals surface area (Å²) in [7, 11) is 0. The van der Waals surface area contributed by atoms with E-state index in [4.69, 9.17) is 0 Å². The number of pyridine rings is 1. The SMILES string of the molecule is O=C(NCc1cc(C(F)(F)F)ccn1)c1cn(CCCCc2cc3c(nn2)CC(C2CC2)=C3C2CC2)nn1. The second kappa shape index (κ2) is 9.92. The summed E-state index contributed by atoms with van der Waals surface area (Å²) < 4.78 is 40.2. The van der Waals surface area contributed by atoms with E-state index in [1.807, 2.05) is 0 Å². The minimum absolute atomic E-state index is 0.104. The molecule has 1 amide bonds. The lowest BCUT2D eigenvalue weighted by Crippen LogP contribution is -2.24. The maximum absolute atomic E-state index is 12.9. The number of carbonyl (C=O) groups is 1. The molecule has 0 aromatic carbocycles. The third kappa shape index (κ3) is 5.46. The van der Waals surface area contributed by atoms with E-state index in [1.54, 1.807) is 15.8 Å². The molecule has 3 aliphatic carbocycles. The molecule has 2 saturated carbocycles. The molecule has 38 heavy (non-hydrogen) atoms. The molecule has 11 heteroatoms. The number of hydrogen-bond donors (Lipinski definition) is 1. The molecular formula is C27H28F3N7O. The van der Waals surface area contributed by atoms with E-state index >= 15 is 0 Å². The molecule has 3 aliphatic rings. The van der Waals surface area contributed by atoms with Gasteiger partial charge in [0.15, 0.2) is 5.69 Å². The number of aryl methyl sites for hydroxylation is 2. The van der Waals surface area contributed by atoms with E-state index < -0.39 is 17.6 Å². The Balaban J connectivity index is 0.984. The van der Waals surface area contributed by atoms with Crippen molar-refractivity contribution in [3.05, 3.63) is 70.1 Å². The van der Waals surface area contributed by atoms with Crippen LogP contribution in [0.2, 0.25) is 0 Å². The van der Waals surface area contributed by atoms with Crippen molar-refractivity contribution in [1.82, 2.24) is 35.5 Å². The summed E-state index contributed by atoms with van der Waals surface area (Å²) in [5.74, 6) is 0.980. The van der Waals surface area contributed by atoms with Gasteiger partial charge in [0.05, 0.1) is 35.4 Å². The Labute approximate surface area is 217 Å². The van der Waals surface area contributed by atoms with Crippen LogP contribution in [0.1, 0.15) is 77.2 Å². The summed E-state index contributed by atoms with van der Waals surface area (Å²) in [5, 5.41) is 19.5. The third-order valence-electron chi connectivity index (χ3n) is 7.39. The predicted molar refractivity (Wildman–Crippen MR) is 131 cm³/mol. The first-order valence-electron chi connectivity index (χ1n) is 13.1. The number of halogens is 3. The maximum atomic E-state index is 12.9. The van der Waals surface area contributed by atoms with Crippen LogP contribution in [0.25, 0.3) is 5.57 Å². The normalized spacial score (nSPS) is 17.1. The van der Waals surface area contributed by atoms with Crippen LogP contribution in [0.5, 0.6) is 0 Å². The van der Waals surface area contributed by atoms with E-state index in [2.05, 4.69) is 36.9 Å². The van der Waals surface area contributed by atoms with Crippen LogP contribution in [-0.2, 0) is 32.1 Å². The van der Waals surface area contributed by atoms with Gasteiger partial charge in [-0.2, -0.15) is 23.4 Å². The van der Waals surface area contributed by atoms with Crippen LogP contribution in [0.3, 0.4) is 0 Å². The van der Waals surface area contributed by atoms with Gasteiger partial charge in [-0.25, -0.2) is 0 Å². The van der Waals surface area contributed by atoms with E-state index in [1.165, 1.54) is 37.4 Å². The molecule has 8 nitrogen and oxygen atoms in total. The highest BCUT2D eigenvalue weighted by Gasteiger charge is 2.40. The highest BCUT2D eigenvalue weighted by Crippen LogP contribution is 2.53. The summed E-state index contributed by atoms with van der Waals surface area (Å²) in [4.78, 5) is 16.3. The minimum atomic E-state index is -4.46. The second-order valence-electron chi connectivity index (χ2n) is 10.4. The number of amides is 1. The van der Waals surface area contributed by atoms with Crippen LogP contribution in [0, 0.1) is 11.8 Å². The standard InChI is InChI=1S/C27H28F3N7O/c28-27(29,30)18-8-9-31-20(11-18)14-32-26(38)24-15-37(36-35-24)10-2-1-3-19-12-22-23(34-33-19)13-21(16-4-5-16)25(22)17-6-7-17/h8-9,11-12,15-17H,1-7,10,13-14H2,(H,32,38). The lowest BCUT2D eigenvalue weighted by atomic mass is 9.99. The summed E-state index contributed by atoms with van der Waals surface area (Å²) >= 11 is 0. The molecule has 0 spiro atoms. The molecule has 198 valence electrons. The lowest BCUT2D eigenvalue weighted by Gasteiger charge is -2.08. The fourth-order valence-electron chi connectivity index (χ4n) is 5.15. The third-order valence-corrected chi connectivity index (χ3v) is 7.39. The van der Waals surface area contributed by atoms with Crippen molar-refractivity contribution in [2.75, 3.05) is 0 Å². The minimum Gasteiger partial charge on any atom is -0.345 e. The lowest BCUT2D eigenvalue weighted by molar-refractivity contribution is -0.137. The van der Waals surface area contributed by atoms with Crippen LogP contribution in [-0.4, -0.2) is 36.1 Å². The zero-order valence-electron chi connectivity index (χ0n) is 20.8. The first-order valence-corrected chi connectivity index (χ1v) is 13.1. The molecule has 3 aromatic rings. The average molecular weight is 524 g/mol. The van der Waals surface area contributed by atoms with Gasteiger partial charge in [-0.05, 0) is 80.6 Å². The van der Waals surface area contributed by atoms with Crippen molar-refractivity contribution < 1.29 is 18.0 Å². The van der Waals surface area contributed by atoms with E-state index in [9.17, 15) is 18.0 Å². The molecule has 6 rings (SSSR count). The highest BCUT2D eigenvalue weighted by molar-refractivity contribution is 5.91. The fourth-order valence-corrected chi connectivity index (χ4v) is 5.15. The first kappa shape index (κ1) is 24.7. The van der Waals surface area contributed by atoms with Gasteiger partial charge in [-0.3, -0.25) is 14.5 Å². The molecule has 0 radical (unpaired) electrons. The number of alkyl halides is 3. The molecular weight excluding hydrogens is 495 g/mol. The molecule has 0 unspecified atom stereocenters. The van der Waals surface area contributed by atoms with Gasteiger partial charge in [0.1, 0.15) is 0 Å². The van der Waals surface area contributed by atoms with Crippen molar-refractivity contribution in [1.29, 1.82) is 0 Å². The van der Waals surface area contributed by atoms with Gasteiger partial charge in [0.25, 0.3) is 5.91 Å². The van der Waals surface area contributed by atoms with Gasteiger partial charge in [-0.1, -0.05) is 10.8 Å². The first-order chi connectivity index (χ1) is 18.3. The number of nitrogens with one attached hydrogen (secondary N) is 1. The van der Waals surface area contributed by atoms with Gasteiger partial charge in [-0.15, -0.1) is 5.10 Å². The largest absolute Gasteiger partial charge is 0.416 e. The number of unbranched alkanes of at least 4 members (excludes halogenated alkanes) is 1. The molecule has 2 fully saturated rings. The second-order valence-corrected chi connectivity index (χ2v) is 10.4. The number of rotatable bonds is 10. The van der Waals surface area contributed by atoms with Crippen LogP contribution < -0.4 is 5.32 Å². The van der Waals surface area contributed by atoms with Crippen molar-refractivity contribution in [3.8, 4) is 0 Å². The van der Waals surface area contributed by atoms with Crippen LogP contribution in [0.4, 0.5) is 13.2 Å². The molecule has 0 aliphatic heterocycles. The van der Waals surface area contributed by atoms with Crippen molar-refractivity contribution in [2.45, 2.75) is 70.6 Å². The fraction of sp³-hybridized carbons (Fsp3) is 0.481. The zero-order chi connectivity index (χ0) is 26.3. The van der Waals surface area contributed by atoms with Gasteiger partial charge in [0.2, 0.25) is 0 Å². The monoisotopic (exact) mass is 523 g/mol. The van der Waals surface area contributed by atoms with Crippen molar-refractivity contribution in [3.63, 3.8) is 0 Å². The predicted octanol–water partition coefficient (Wildman–Crippen LogP) is 4.56. The molecule has 0 saturated heterocycles. The molecule has 1 N–H and O–H groups in total.